The molecule has 0 aliphatic heterocycles. The minimum Gasteiger partial charge on any atom is -0.359 e. The lowest BCUT2D eigenvalue weighted by molar-refractivity contribution is -0.129. The van der Waals surface area contributed by atoms with Crippen molar-refractivity contribution in [3.05, 3.63) is 0 Å². The van der Waals surface area contributed by atoms with Crippen molar-refractivity contribution in [3.8, 4) is 0 Å². The van der Waals surface area contributed by atoms with Gasteiger partial charge in [-0.1, -0.05) is 0 Å². The van der Waals surface area contributed by atoms with E-state index in [4.69, 9.17) is 0 Å². The molecule has 2 N–H and O–H groups in total. The first-order chi connectivity index (χ1) is 6.31. The Morgan fingerprint density at radius 1 is 1.43 bits per heavy atom. The second kappa shape index (κ2) is 5.24. The fourth-order valence-electron chi connectivity index (χ4n) is 0.874. The van der Waals surface area contributed by atoms with Crippen molar-refractivity contribution < 1.29 is 9.59 Å². The number of rotatable bonds is 4. The monoisotopic (exact) mass is 218 g/mol. The van der Waals surface area contributed by atoms with Crippen molar-refractivity contribution >= 4 is 24.4 Å². The van der Waals surface area contributed by atoms with Gasteiger partial charge in [-0.25, -0.2) is 0 Å². The maximum absolute atomic E-state index is 11.3. The summed E-state index contributed by atoms with van der Waals surface area (Å²) in [6.07, 6.45) is 0. The molecule has 0 spiro atoms. The summed E-state index contributed by atoms with van der Waals surface area (Å²) in [5, 5.41) is 4.86. The topological polar surface area (TPSA) is 58.2 Å². The molecule has 0 aromatic heterocycles. The summed E-state index contributed by atoms with van der Waals surface area (Å²) in [5.41, 5.74) is -0.590. The van der Waals surface area contributed by atoms with E-state index >= 15 is 0 Å². The fraction of sp³-hybridized carbons (Fsp3) is 0.778. The molecule has 0 aliphatic rings. The Morgan fingerprint density at radius 2 is 1.93 bits per heavy atom. The third kappa shape index (κ3) is 4.00. The van der Waals surface area contributed by atoms with Crippen LogP contribution in [0, 0.1) is 5.41 Å². The Kier molecular flexibility index (Phi) is 4.97. The maximum Gasteiger partial charge on any atom is 0.232 e. The zero-order chi connectivity index (χ0) is 11.4. The van der Waals surface area contributed by atoms with Gasteiger partial charge in [0.2, 0.25) is 11.8 Å². The van der Waals surface area contributed by atoms with Gasteiger partial charge in [-0.15, -0.1) is 0 Å². The quantitative estimate of drug-likeness (QED) is 0.590. The van der Waals surface area contributed by atoms with Gasteiger partial charge >= 0.3 is 0 Å². The highest BCUT2D eigenvalue weighted by molar-refractivity contribution is 7.81. The van der Waals surface area contributed by atoms with Crippen LogP contribution < -0.4 is 10.6 Å². The van der Waals surface area contributed by atoms with Crippen molar-refractivity contribution in [3.63, 3.8) is 0 Å². The Bertz CT molecular complexity index is 227. The lowest BCUT2D eigenvalue weighted by Gasteiger charge is -2.23. The number of thiol groups is 1. The van der Waals surface area contributed by atoms with Crippen LogP contribution in [-0.4, -0.2) is 30.7 Å². The van der Waals surface area contributed by atoms with E-state index in [9.17, 15) is 9.59 Å². The highest BCUT2D eigenvalue weighted by Crippen LogP contribution is 2.13. The van der Waals surface area contributed by atoms with Gasteiger partial charge < -0.3 is 10.6 Å². The molecule has 1 atom stereocenters. The van der Waals surface area contributed by atoms with E-state index in [0.29, 0.717) is 6.54 Å². The van der Waals surface area contributed by atoms with E-state index < -0.39 is 5.41 Å². The summed E-state index contributed by atoms with van der Waals surface area (Å²) < 4.78 is 0. The minimum absolute atomic E-state index is 0.0929. The number of carbonyl (C=O) groups excluding carboxylic acids is 2. The standard InChI is InChI=1S/C9H18N2O2S/c1-6(14)7(12)11-5-9(2,3)8(13)10-4/h6,14H,5H2,1-4H3,(H,10,13)(H,11,12). The summed E-state index contributed by atoms with van der Waals surface area (Å²) in [5.74, 6) is -0.255. The Morgan fingerprint density at radius 3 is 2.29 bits per heavy atom. The van der Waals surface area contributed by atoms with Crippen LogP contribution in [-0.2, 0) is 9.59 Å². The Hall–Kier alpha value is -0.710. The molecule has 0 aromatic rings. The largest absolute Gasteiger partial charge is 0.359 e. The summed E-state index contributed by atoms with van der Waals surface area (Å²) >= 11 is 3.98. The molecule has 0 heterocycles. The summed E-state index contributed by atoms with van der Waals surface area (Å²) in [6, 6.07) is 0. The van der Waals surface area contributed by atoms with Crippen LogP contribution in [0.5, 0.6) is 0 Å². The smallest absolute Gasteiger partial charge is 0.232 e. The van der Waals surface area contributed by atoms with Gasteiger partial charge in [-0.05, 0) is 20.8 Å². The zero-order valence-electron chi connectivity index (χ0n) is 9.05. The van der Waals surface area contributed by atoms with Crippen molar-refractivity contribution in [2.24, 2.45) is 5.41 Å². The number of hydrogen-bond acceptors (Lipinski definition) is 3. The van der Waals surface area contributed by atoms with E-state index in [1.165, 1.54) is 0 Å². The van der Waals surface area contributed by atoms with Crippen molar-refractivity contribution in [2.45, 2.75) is 26.0 Å². The molecule has 82 valence electrons. The molecule has 0 fully saturated rings. The Labute approximate surface area is 90.2 Å². The van der Waals surface area contributed by atoms with Gasteiger partial charge in [0.05, 0.1) is 10.7 Å². The summed E-state index contributed by atoms with van der Waals surface area (Å²) in [6.45, 7) is 5.55. The second-order valence-electron chi connectivity index (χ2n) is 3.86. The van der Waals surface area contributed by atoms with Crippen LogP contribution in [0.1, 0.15) is 20.8 Å². The van der Waals surface area contributed by atoms with E-state index in [1.54, 1.807) is 27.8 Å². The first-order valence-electron chi connectivity index (χ1n) is 4.49. The molecule has 0 saturated heterocycles. The molecular weight excluding hydrogens is 200 g/mol. The Balaban J connectivity index is 4.12. The molecule has 4 nitrogen and oxygen atoms in total. The molecule has 0 aliphatic carbocycles. The molecular formula is C9H18N2O2S. The van der Waals surface area contributed by atoms with Gasteiger partial charge in [0.25, 0.3) is 0 Å². The van der Waals surface area contributed by atoms with Gasteiger partial charge in [0.1, 0.15) is 0 Å². The van der Waals surface area contributed by atoms with E-state index in [0.717, 1.165) is 0 Å². The SMILES string of the molecule is CNC(=O)C(C)(C)CNC(=O)C(C)S. The van der Waals surface area contributed by atoms with Crippen molar-refractivity contribution in [2.75, 3.05) is 13.6 Å². The van der Waals surface area contributed by atoms with Crippen LogP contribution in [0.3, 0.4) is 0 Å². The maximum atomic E-state index is 11.3. The second-order valence-corrected chi connectivity index (χ2v) is 4.63. The molecule has 5 heteroatoms. The predicted molar refractivity (Wildman–Crippen MR) is 59.3 cm³/mol. The number of hydrogen-bond donors (Lipinski definition) is 3. The molecule has 0 radical (unpaired) electrons. The average Bonchev–Trinajstić information content (AvgIpc) is 2.12. The van der Waals surface area contributed by atoms with Crippen LogP contribution in [0.4, 0.5) is 0 Å². The third-order valence-corrected chi connectivity index (χ3v) is 2.16. The van der Waals surface area contributed by atoms with Gasteiger partial charge in [0, 0.05) is 13.6 Å². The minimum atomic E-state index is -0.590. The van der Waals surface area contributed by atoms with Crippen LogP contribution in [0.25, 0.3) is 0 Å². The normalized spacial score (nSPS) is 13.2. The van der Waals surface area contributed by atoms with Gasteiger partial charge in [-0.2, -0.15) is 12.6 Å². The lowest BCUT2D eigenvalue weighted by Crippen LogP contribution is -2.45. The fourth-order valence-corrected chi connectivity index (χ4v) is 0.966. The summed E-state index contributed by atoms with van der Waals surface area (Å²) in [4.78, 5) is 22.5. The number of carbonyl (C=O) groups is 2. The van der Waals surface area contributed by atoms with Gasteiger partial charge in [0.15, 0.2) is 0 Å². The zero-order valence-corrected chi connectivity index (χ0v) is 9.94. The third-order valence-electron chi connectivity index (χ3n) is 1.93. The number of amides is 2. The first kappa shape index (κ1) is 13.3. The summed E-state index contributed by atoms with van der Waals surface area (Å²) in [7, 11) is 1.58. The lowest BCUT2D eigenvalue weighted by atomic mass is 9.92. The molecule has 1 unspecified atom stereocenters. The van der Waals surface area contributed by atoms with Crippen LogP contribution >= 0.6 is 12.6 Å². The van der Waals surface area contributed by atoms with Crippen LogP contribution in [0.15, 0.2) is 0 Å². The van der Waals surface area contributed by atoms with Crippen molar-refractivity contribution in [1.29, 1.82) is 0 Å². The molecule has 0 bridgehead atoms. The van der Waals surface area contributed by atoms with Crippen molar-refractivity contribution in [1.82, 2.24) is 10.6 Å². The number of nitrogens with one attached hydrogen (secondary N) is 2. The highest BCUT2D eigenvalue weighted by Gasteiger charge is 2.27. The molecule has 0 aromatic carbocycles. The first-order valence-corrected chi connectivity index (χ1v) is 5.01. The molecule has 2 amide bonds. The predicted octanol–water partition coefficient (Wildman–Crippen LogP) is 0.193. The highest BCUT2D eigenvalue weighted by atomic mass is 32.1. The van der Waals surface area contributed by atoms with E-state index in [1.807, 2.05) is 0 Å². The van der Waals surface area contributed by atoms with E-state index in [-0.39, 0.29) is 17.1 Å². The molecule has 0 rings (SSSR count). The average molecular weight is 218 g/mol. The molecule has 0 saturated carbocycles. The van der Waals surface area contributed by atoms with Gasteiger partial charge in [-0.3, -0.25) is 9.59 Å². The molecule has 14 heavy (non-hydrogen) atoms. The van der Waals surface area contributed by atoms with Crippen LogP contribution in [0.2, 0.25) is 0 Å². The van der Waals surface area contributed by atoms with E-state index in [2.05, 4.69) is 23.3 Å².